The van der Waals surface area contributed by atoms with Crippen LogP contribution in [0.3, 0.4) is 0 Å². The first kappa shape index (κ1) is 33.9. The molecule has 0 atom stereocenters. The van der Waals surface area contributed by atoms with Crippen molar-refractivity contribution in [1.29, 1.82) is 0 Å². The van der Waals surface area contributed by atoms with Gasteiger partial charge in [-0.05, 0) is 86.0 Å². The maximum absolute atomic E-state index is 6.56. The highest BCUT2D eigenvalue weighted by atomic mass is 16.3. The second kappa shape index (κ2) is 13.4. The molecular weight excluding hydrogens is 707 g/mol. The first-order chi connectivity index (χ1) is 28.5. The minimum atomic E-state index is -0.264. The van der Waals surface area contributed by atoms with Crippen LogP contribution in [0.15, 0.2) is 192 Å². The average molecular weight is 744 g/mol. The summed E-state index contributed by atoms with van der Waals surface area (Å²) in [4.78, 5) is 15.9. The maximum atomic E-state index is 6.56. The van der Waals surface area contributed by atoms with Crippen LogP contribution in [0.4, 0.5) is 0 Å². The van der Waals surface area contributed by atoms with Gasteiger partial charge in [-0.15, -0.1) is 0 Å². The molecule has 2 heterocycles. The molecule has 0 amide bonds. The summed E-state index contributed by atoms with van der Waals surface area (Å²) in [5, 5.41) is 2.09. The molecule has 4 heteroatoms. The molecule has 58 heavy (non-hydrogen) atoms. The monoisotopic (exact) mass is 743 g/mol. The fourth-order valence-corrected chi connectivity index (χ4v) is 8.95. The van der Waals surface area contributed by atoms with Gasteiger partial charge >= 0.3 is 0 Å². The van der Waals surface area contributed by atoms with Gasteiger partial charge in [0.05, 0.1) is 5.56 Å². The Balaban J connectivity index is 1.13. The van der Waals surface area contributed by atoms with Crippen molar-refractivity contribution in [3.05, 3.63) is 199 Å². The van der Waals surface area contributed by atoms with E-state index in [1.165, 1.54) is 33.4 Å². The van der Waals surface area contributed by atoms with E-state index in [4.69, 9.17) is 19.4 Å². The van der Waals surface area contributed by atoms with E-state index in [0.717, 1.165) is 60.9 Å². The molecule has 0 aliphatic heterocycles. The van der Waals surface area contributed by atoms with Crippen molar-refractivity contribution in [1.82, 2.24) is 15.0 Å². The topological polar surface area (TPSA) is 51.8 Å². The zero-order valence-corrected chi connectivity index (χ0v) is 32.1. The van der Waals surface area contributed by atoms with Crippen LogP contribution < -0.4 is 0 Å². The maximum Gasteiger partial charge on any atom is 0.167 e. The van der Waals surface area contributed by atoms with E-state index in [-0.39, 0.29) is 5.41 Å². The van der Waals surface area contributed by atoms with Crippen LogP contribution in [0.5, 0.6) is 0 Å². The van der Waals surface area contributed by atoms with Gasteiger partial charge in [-0.1, -0.05) is 172 Å². The van der Waals surface area contributed by atoms with E-state index in [0.29, 0.717) is 17.5 Å². The molecule has 0 spiro atoms. The largest absolute Gasteiger partial charge is 0.455 e. The molecular formula is C54H37N3O. The quantitative estimate of drug-likeness (QED) is 0.170. The lowest BCUT2D eigenvalue weighted by molar-refractivity contribution is 0.662. The third-order valence-corrected chi connectivity index (χ3v) is 11.7. The summed E-state index contributed by atoms with van der Waals surface area (Å²) < 4.78 is 6.56. The number of rotatable bonds is 6. The number of para-hydroxylation sites is 2. The van der Waals surface area contributed by atoms with Crippen LogP contribution >= 0.6 is 0 Å². The molecule has 8 aromatic carbocycles. The normalized spacial score (nSPS) is 12.8. The van der Waals surface area contributed by atoms with Crippen molar-refractivity contribution in [2.75, 3.05) is 0 Å². The Labute approximate surface area is 337 Å². The summed E-state index contributed by atoms with van der Waals surface area (Å²) in [6, 6.07) is 66.1. The molecule has 2 aromatic heterocycles. The highest BCUT2D eigenvalue weighted by Gasteiger charge is 2.38. The predicted octanol–water partition coefficient (Wildman–Crippen LogP) is 14.1. The van der Waals surface area contributed by atoms with Gasteiger partial charge < -0.3 is 4.42 Å². The second-order valence-electron chi connectivity index (χ2n) is 15.6. The third kappa shape index (κ3) is 5.48. The standard InChI is InChI=1S/C54H37N3O/c1-54(2)47-33-38(29-30-40(47)42-24-14-23-39(49(42)54)35-18-8-4-9-19-35)51-55-52(57-53(56-51)45-26-15-25-43-41-22-12-13-27-48(41)58-50(43)45)44-31-28-37(34-16-6-3-7-17-34)32-46(44)36-20-10-5-11-21-36/h3-33H,1-2H3. The number of nitrogens with zero attached hydrogens (tertiary/aromatic N) is 3. The number of hydrogen-bond acceptors (Lipinski definition) is 4. The number of aromatic nitrogens is 3. The van der Waals surface area contributed by atoms with Crippen molar-refractivity contribution in [2.45, 2.75) is 19.3 Å². The van der Waals surface area contributed by atoms with Gasteiger partial charge in [0, 0.05) is 27.3 Å². The van der Waals surface area contributed by atoms with Gasteiger partial charge in [0.2, 0.25) is 0 Å². The lowest BCUT2D eigenvalue weighted by Gasteiger charge is -2.25. The van der Waals surface area contributed by atoms with Crippen molar-refractivity contribution >= 4 is 21.9 Å². The van der Waals surface area contributed by atoms with Crippen molar-refractivity contribution in [2.24, 2.45) is 0 Å². The Bertz CT molecular complexity index is 3180. The summed E-state index contributed by atoms with van der Waals surface area (Å²) in [5.41, 5.74) is 16.0. The number of furan rings is 1. The van der Waals surface area contributed by atoms with Crippen LogP contribution in [0.1, 0.15) is 25.0 Å². The van der Waals surface area contributed by atoms with Gasteiger partial charge in [-0.25, -0.2) is 15.0 Å². The van der Waals surface area contributed by atoms with Crippen LogP contribution in [0.25, 0.3) is 101 Å². The van der Waals surface area contributed by atoms with Crippen LogP contribution in [-0.2, 0) is 5.41 Å². The SMILES string of the molecule is CC1(C)c2cc(-c3nc(-c4ccc(-c5ccccc5)cc4-c4ccccc4)nc(-c4cccc5c4oc4ccccc45)n3)ccc2-c2cccc(-c3ccccc3)c21. The van der Waals surface area contributed by atoms with Crippen molar-refractivity contribution < 1.29 is 4.42 Å². The van der Waals surface area contributed by atoms with Gasteiger partial charge in [-0.2, -0.15) is 0 Å². The number of benzene rings is 8. The molecule has 10 aromatic rings. The van der Waals surface area contributed by atoms with Crippen LogP contribution in [0.2, 0.25) is 0 Å². The summed E-state index contributed by atoms with van der Waals surface area (Å²) >= 11 is 0. The first-order valence-electron chi connectivity index (χ1n) is 19.8. The molecule has 0 saturated heterocycles. The highest BCUT2D eigenvalue weighted by molar-refractivity contribution is 6.09. The second-order valence-corrected chi connectivity index (χ2v) is 15.6. The molecule has 0 bridgehead atoms. The molecule has 0 unspecified atom stereocenters. The van der Waals surface area contributed by atoms with E-state index in [9.17, 15) is 0 Å². The molecule has 0 fully saturated rings. The minimum absolute atomic E-state index is 0.264. The fourth-order valence-electron chi connectivity index (χ4n) is 8.95. The smallest absolute Gasteiger partial charge is 0.167 e. The molecule has 1 aliphatic carbocycles. The number of hydrogen-bond donors (Lipinski definition) is 0. The van der Waals surface area contributed by atoms with Gasteiger partial charge in [0.1, 0.15) is 11.2 Å². The molecule has 274 valence electrons. The molecule has 1 aliphatic rings. The van der Waals surface area contributed by atoms with E-state index < -0.39 is 0 Å². The summed E-state index contributed by atoms with van der Waals surface area (Å²) in [6.07, 6.45) is 0. The Kier molecular flexibility index (Phi) is 7.80. The zero-order valence-electron chi connectivity index (χ0n) is 32.1. The Morgan fingerprint density at radius 2 is 0.914 bits per heavy atom. The van der Waals surface area contributed by atoms with Gasteiger partial charge in [0.25, 0.3) is 0 Å². The molecule has 0 radical (unpaired) electrons. The van der Waals surface area contributed by atoms with Crippen molar-refractivity contribution in [3.63, 3.8) is 0 Å². The van der Waals surface area contributed by atoms with E-state index in [1.54, 1.807) is 0 Å². The summed E-state index contributed by atoms with van der Waals surface area (Å²) in [5.74, 6) is 1.77. The van der Waals surface area contributed by atoms with E-state index in [2.05, 4.69) is 172 Å². The van der Waals surface area contributed by atoms with Gasteiger partial charge in [0.15, 0.2) is 17.5 Å². The highest BCUT2D eigenvalue weighted by Crippen LogP contribution is 2.53. The molecule has 0 saturated carbocycles. The van der Waals surface area contributed by atoms with Gasteiger partial charge in [-0.3, -0.25) is 0 Å². The lowest BCUT2D eigenvalue weighted by Crippen LogP contribution is -2.16. The predicted molar refractivity (Wildman–Crippen MR) is 237 cm³/mol. The average Bonchev–Trinajstić information content (AvgIpc) is 3.78. The summed E-state index contributed by atoms with van der Waals surface area (Å²) in [6.45, 7) is 4.67. The Morgan fingerprint density at radius 3 is 1.67 bits per heavy atom. The van der Waals surface area contributed by atoms with Crippen molar-refractivity contribution in [3.8, 4) is 78.7 Å². The number of fused-ring (bicyclic) bond motifs is 6. The minimum Gasteiger partial charge on any atom is -0.455 e. The fraction of sp³-hybridized carbons (Fsp3) is 0.0556. The van der Waals surface area contributed by atoms with Crippen LogP contribution in [0, 0.1) is 0 Å². The van der Waals surface area contributed by atoms with E-state index in [1.807, 2.05) is 30.3 Å². The van der Waals surface area contributed by atoms with Crippen LogP contribution in [-0.4, -0.2) is 15.0 Å². The molecule has 4 nitrogen and oxygen atoms in total. The Hall–Kier alpha value is -7.43. The lowest BCUT2D eigenvalue weighted by atomic mass is 9.78. The summed E-state index contributed by atoms with van der Waals surface area (Å²) in [7, 11) is 0. The molecule has 11 rings (SSSR count). The Morgan fingerprint density at radius 1 is 0.362 bits per heavy atom. The molecule has 0 N–H and O–H groups in total. The first-order valence-corrected chi connectivity index (χ1v) is 19.8. The zero-order chi connectivity index (χ0) is 38.8. The van der Waals surface area contributed by atoms with E-state index >= 15 is 0 Å². The third-order valence-electron chi connectivity index (χ3n) is 11.7.